The molecule has 1 aromatic carbocycles. The molecule has 4 heteroatoms. The van der Waals surface area contributed by atoms with E-state index in [1.807, 2.05) is 12.1 Å². The highest BCUT2D eigenvalue weighted by Crippen LogP contribution is 2.16. The van der Waals surface area contributed by atoms with E-state index in [4.69, 9.17) is 5.73 Å². The molecule has 110 valence electrons. The van der Waals surface area contributed by atoms with E-state index in [0.29, 0.717) is 5.56 Å². The Hall–Kier alpha value is -1.39. The van der Waals surface area contributed by atoms with Crippen LogP contribution >= 0.6 is 0 Å². The molecule has 0 radical (unpaired) electrons. The van der Waals surface area contributed by atoms with Crippen molar-refractivity contribution in [3.63, 3.8) is 0 Å². The number of nitrogens with zero attached hydrogens (tertiary/aromatic N) is 1. The van der Waals surface area contributed by atoms with Crippen molar-refractivity contribution >= 4 is 5.91 Å². The van der Waals surface area contributed by atoms with Gasteiger partial charge in [0.15, 0.2) is 0 Å². The van der Waals surface area contributed by atoms with Gasteiger partial charge < -0.3 is 16.0 Å². The number of rotatable bonds is 6. The lowest BCUT2D eigenvalue weighted by molar-refractivity contribution is 0.100. The largest absolute Gasteiger partial charge is 0.366 e. The van der Waals surface area contributed by atoms with Crippen LogP contribution in [-0.2, 0) is 6.54 Å². The van der Waals surface area contributed by atoms with Gasteiger partial charge in [0.05, 0.1) is 0 Å². The van der Waals surface area contributed by atoms with Crippen molar-refractivity contribution in [1.82, 2.24) is 10.2 Å². The normalized spacial score (nSPS) is 17.2. The number of benzene rings is 1. The molecule has 4 nitrogen and oxygen atoms in total. The number of carbonyl (C=O) groups is 1. The van der Waals surface area contributed by atoms with Gasteiger partial charge >= 0.3 is 0 Å². The van der Waals surface area contributed by atoms with Gasteiger partial charge in [0.1, 0.15) is 0 Å². The molecule has 1 aliphatic rings. The molecule has 1 saturated heterocycles. The van der Waals surface area contributed by atoms with E-state index in [9.17, 15) is 4.79 Å². The van der Waals surface area contributed by atoms with E-state index in [-0.39, 0.29) is 5.91 Å². The van der Waals surface area contributed by atoms with Gasteiger partial charge in [-0.2, -0.15) is 0 Å². The van der Waals surface area contributed by atoms with Crippen molar-refractivity contribution in [2.45, 2.75) is 26.3 Å². The van der Waals surface area contributed by atoms with Crippen LogP contribution in [0.5, 0.6) is 0 Å². The second-order valence-corrected chi connectivity index (χ2v) is 5.57. The average molecular weight is 275 g/mol. The summed E-state index contributed by atoms with van der Waals surface area (Å²) in [6, 6.07) is 7.51. The van der Waals surface area contributed by atoms with Crippen molar-refractivity contribution < 1.29 is 4.79 Å². The first-order valence-electron chi connectivity index (χ1n) is 7.51. The molecule has 0 atom stereocenters. The highest BCUT2D eigenvalue weighted by molar-refractivity contribution is 5.92. The van der Waals surface area contributed by atoms with Crippen molar-refractivity contribution in [3.05, 3.63) is 35.4 Å². The lowest BCUT2D eigenvalue weighted by atomic mass is 9.97. The second-order valence-electron chi connectivity index (χ2n) is 5.57. The zero-order valence-electron chi connectivity index (χ0n) is 12.3. The monoisotopic (exact) mass is 275 g/mol. The maximum Gasteiger partial charge on any atom is 0.248 e. The number of nitrogens with two attached hydrogens (primary N) is 1. The van der Waals surface area contributed by atoms with E-state index in [2.05, 4.69) is 17.1 Å². The molecule has 1 amide bonds. The molecule has 1 heterocycles. The third-order valence-electron chi connectivity index (χ3n) is 4.15. The average Bonchev–Trinajstić information content (AvgIpc) is 2.48. The molecule has 0 aliphatic carbocycles. The summed E-state index contributed by atoms with van der Waals surface area (Å²) in [5, 5.41) is 3.52. The Balaban J connectivity index is 1.69. The lowest BCUT2D eigenvalue weighted by Gasteiger charge is -2.31. The Kier molecular flexibility index (Phi) is 5.56. The first-order valence-corrected chi connectivity index (χ1v) is 7.51. The maximum absolute atomic E-state index is 11.0. The molecule has 0 spiro atoms. The van der Waals surface area contributed by atoms with E-state index in [0.717, 1.165) is 19.0 Å². The Morgan fingerprint density at radius 1 is 1.30 bits per heavy atom. The fraction of sp³-hybridized carbons (Fsp3) is 0.562. The number of carbonyl (C=O) groups excluding carboxylic acids is 1. The van der Waals surface area contributed by atoms with Gasteiger partial charge in [-0.15, -0.1) is 0 Å². The summed E-state index contributed by atoms with van der Waals surface area (Å²) in [5.41, 5.74) is 6.99. The number of piperidine rings is 1. The van der Waals surface area contributed by atoms with Gasteiger partial charge in [0.2, 0.25) is 5.91 Å². The lowest BCUT2D eigenvalue weighted by Crippen LogP contribution is -2.36. The van der Waals surface area contributed by atoms with E-state index < -0.39 is 0 Å². The summed E-state index contributed by atoms with van der Waals surface area (Å²) in [4.78, 5) is 13.5. The van der Waals surface area contributed by atoms with E-state index in [1.54, 1.807) is 12.1 Å². The number of nitrogens with one attached hydrogen (secondary N) is 1. The van der Waals surface area contributed by atoms with Gasteiger partial charge in [0.25, 0.3) is 0 Å². The Morgan fingerprint density at radius 2 is 1.95 bits per heavy atom. The molecule has 0 aromatic heterocycles. The Morgan fingerprint density at radius 3 is 2.50 bits per heavy atom. The van der Waals surface area contributed by atoms with Gasteiger partial charge in [-0.05, 0) is 62.6 Å². The van der Waals surface area contributed by atoms with Crippen LogP contribution < -0.4 is 11.1 Å². The molecule has 20 heavy (non-hydrogen) atoms. The molecule has 2 rings (SSSR count). The summed E-state index contributed by atoms with van der Waals surface area (Å²) in [6.07, 6.45) is 2.59. The minimum absolute atomic E-state index is 0.368. The molecule has 0 bridgehead atoms. The van der Waals surface area contributed by atoms with Crippen LogP contribution in [0.2, 0.25) is 0 Å². The third-order valence-corrected chi connectivity index (χ3v) is 4.15. The SMILES string of the molecule is CCN1CCC(CNCc2ccc(C(N)=O)cc2)CC1. The fourth-order valence-corrected chi connectivity index (χ4v) is 2.71. The summed E-state index contributed by atoms with van der Waals surface area (Å²) in [6.45, 7) is 7.80. The molecule has 1 aliphatic heterocycles. The van der Waals surface area contributed by atoms with Gasteiger partial charge in [0, 0.05) is 12.1 Å². The molecule has 0 unspecified atom stereocenters. The summed E-state index contributed by atoms with van der Waals surface area (Å²) in [7, 11) is 0. The molecular formula is C16H25N3O. The first kappa shape index (κ1) is 15.0. The van der Waals surface area contributed by atoms with Crippen LogP contribution in [0, 0.1) is 5.92 Å². The third kappa shape index (κ3) is 4.32. The summed E-state index contributed by atoms with van der Waals surface area (Å²) in [5.74, 6) is 0.426. The van der Waals surface area contributed by atoms with Crippen molar-refractivity contribution in [1.29, 1.82) is 0 Å². The highest BCUT2D eigenvalue weighted by Gasteiger charge is 2.17. The Labute approximate surface area is 121 Å². The van der Waals surface area contributed by atoms with Crippen molar-refractivity contribution in [2.75, 3.05) is 26.2 Å². The van der Waals surface area contributed by atoms with Crippen molar-refractivity contribution in [2.24, 2.45) is 11.7 Å². The first-order chi connectivity index (χ1) is 9.69. The molecule has 0 saturated carbocycles. The molecule has 1 fully saturated rings. The van der Waals surface area contributed by atoms with Crippen LogP contribution in [-0.4, -0.2) is 37.0 Å². The minimum Gasteiger partial charge on any atom is -0.366 e. The fourth-order valence-electron chi connectivity index (χ4n) is 2.71. The maximum atomic E-state index is 11.0. The second kappa shape index (κ2) is 7.41. The van der Waals surface area contributed by atoms with Crippen LogP contribution in [0.4, 0.5) is 0 Å². The number of likely N-dealkylation sites (tertiary alicyclic amines) is 1. The number of hydrogen-bond donors (Lipinski definition) is 2. The standard InChI is InChI=1S/C16H25N3O/c1-2-19-9-7-14(8-10-19)12-18-11-13-3-5-15(6-4-13)16(17)20/h3-6,14,18H,2,7-12H2,1H3,(H2,17,20). The van der Waals surface area contributed by atoms with Gasteiger partial charge in [-0.1, -0.05) is 19.1 Å². The zero-order valence-corrected chi connectivity index (χ0v) is 12.3. The van der Waals surface area contributed by atoms with E-state index in [1.165, 1.54) is 38.0 Å². The quantitative estimate of drug-likeness (QED) is 0.829. The number of hydrogen-bond acceptors (Lipinski definition) is 3. The van der Waals surface area contributed by atoms with Crippen molar-refractivity contribution in [3.8, 4) is 0 Å². The molecular weight excluding hydrogens is 250 g/mol. The smallest absolute Gasteiger partial charge is 0.248 e. The minimum atomic E-state index is -0.368. The van der Waals surface area contributed by atoms with Crippen LogP contribution in [0.15, 0.2) is 24.3 Å². The zero-order chi connectivity index (χ0) is 14.4. The van der Waals surface area contributed by atoms with Crippen LogP contribution in [0.3, 0.4) is 0 Å². The highest BCUT2D eigenvalue weighted by atomic mass is 16.1. The summed E-state index contributed by atoms with van der Waals surface area (Å²) >= 11 is 0. The summed E-state index contributed by atoms with van der Waals surface area (Å²) < 4.78 is 0. The number of amides is 1. The van der Waals surface area contributed by atoms with Crippen LogP contribution in [0.25, 0.3) is 0 Å². The van der Waals surface area contributed by atoms with E-state index >= 15 is 0 Å². The molecule has 1 aromatic rings. The predicted octanol–water partition coefficient (Wildman–Crippen LogP) is 1.61. The molecule has 3 N–H and O–H groups in total. The van der Waals surface area contributed by atoms with Crippen LogP contribution in [0.1, 0.15) is 35.7 Å². The van der Waals surface area contributed by atoms with Gasteiger partial charge in [-0.3, -0.25) is 4.79 Å². The van der Waals surface area contributed by atoms with Gasteiger partial charge in [-0.25, -0.2) is 0 Å². The topological polar surface area (TPSA) is 58.4 Å². The Bertz CT molecular complexity index is 422. The predicted molar refractivity (Wildman–Crippen MR) is 81.5 cm³/mol. The number of primary amides is 1.